The van der Waals surface area contributed by atoms with Crippen molar-refractivity contribution in [2.24, 2.45) is 7.05 Å². The number of aromatic nitrogens is 4. The summed E-state index contributed by atoms with van der Waals surface area (Å²) < 4.78 is 17.9. The Labute approximate surface area is 226 Å². The Bertz CT molecular complexity index is 1910. The summed E-state index contributed by atoms with van der Waals surface area (Å²) >= 11 is 6.53. The van der Waals surface area contributed by atoms with Crippen molar-refractivity contribution < 1.29 is 9.50 Å². The van der Waals surface area contributed by atoms with Gasteiger partial charge in [0.25, 0.3) is 0 Å². The van der Waals surface area contributed by atoms with Crippen LogP contribution in [0.2, 0.25) is 5.02 Å². The third-order valence-electron chi connectivity index (χ3n) is 6.87. The number of nitrogens with one attached hydrogen (secondary N) is 3. The largest absolute Gasteiger partial charge is 0.507 e. The van der Waals surface area contributed by atoms with Crippen LogP contribution in [0.1, 0.15) is 6.92 Å². The van der Waals surface area contributed by atoms with Gasteiger partial charge in [-0.15, -0.1) is 0 Å². The molecule has 0 atom stereocenters. The van der Waals surface area contributed by atoms with Crippen LogP contribution in [0.25, 0.3) is 39.0 Å². The number of imidazole rings is 2. The number of nitrogens with zero attached hydrogens (tertiary/aromatic N) is 3. The molecule has 0 fully saturated rings. The summed E-state index contributed by atoms with van der Waals surface area (Å²) in [6.07, 6.45) is 5.17. The van der Waals surface area contributed by atoms with Gasteiger partial charge in [-0.2, -0.15) is 0 Å². The normalized spacial score (nSPS) is 13.5. The Morgan fingerprint density at radius 2 is 1.74 bits per heavy atom. The van der Waals surface area contributed by atoms with Gasteiger partial charge in [-0.1, -0.05) is 17.7 Å². The number of rotatable bonds is 4. The van der Waals surface area contributed by atoms with E-state index in [0.717, 1.165) is 5.70 Å². The molecule has 4 N–H and O–H groups in total. The van der Waals surface area contributed by atoms with E-state index in [1.165, 1.54) is 21.3 Å². The van der Waals surface area contributed by atoms with Gasteiger partial charge < -0.3 is 29.9 Å². The smallest absolute Gasteiger partial charge is 0.332 e. The first-order chi connectivity index (χ1) is 18.7. The molecule has 0 saturated carbocycles. The average Bonchev–Trinajstić information content (AvgIpc) is 3.45. The van der Waals surface area contributed by atoms with Crippen molar-refractivity contribution in [3.63, 3.8) is 0 Å². The Morgan fingerprint density at radius 3 is 2.44 bits per heavy atom. The minimum Gasteiger partial charge on any atom is -0.507 e. The minimum absolute atomic E-state index is 0.146. The second-order valence-corrected chi connectivity index (χ2v) is 9.91. The van der Waals surface area contributed by atoms with Crippen LogP contribution < -0.4 is 21.6 Å². The zero-order chi connectivity index (χ0) is 27.4. The average molecular weight is 547 g/mol. The molecular weight excluding hydrogens is 523 g/mol. The fourth-order valence-corrected chi connectivity index (χ4v) is 5.24. The fourth-order valence-electron chi connectivity index (χ4n) is 4.97. The van der Waals surface area contributed by atoms with Crippen LogP contribution in [0, 0.1) is 5.82 Å². The SMILES string of the molecule is CC1=CN(c2cc(-c3cc(F)cc(-c4ccc(-n5ccn(C)c5=O)c(Cl)c4)c3O)cc3[nH]c(=O)[nH]c23)CCN1. The first kappa shape index (κ1) is 24.6. The summed E-state index contributed by atoms with van der Waals surface area (Å²) in [6.45, 7) is 3.31. The number of H-pyrrole nitrogens is 2. The summed E-state index contributed by atoms with van der Waals surface area (Å²) in [6, 6.07) is 10.9. The van der Waals surface area contributed by atoms with Crippen LogP contribution in [0.15, 0.2) is 76.3 Å². The Hall–Kier alpha value is -4.70. The van der Waals surface area contributed by atoms with E-state index in [1.807, 2.05) is 24.1 Å². The summed E-state index contributed by atoms with van der Waals surface area (Å²) in [5, 5.41) is 14.9. The number of anilines is 1. The molecule has 0 spiro atoms. The van der Waals surface area contributed by atoms with E-state index in [9.17, 15) is 14.7 Å². The molecule has 3 aromatic carbocycles. The number of phenols is 1. The molecule has 39 heavy (non-hydrogen) atoms. The van der Waals surface area contributed by atoms with Gasteiger partial charge in [0.15, 0.2) is 0 Å². The molecular formula is C28H24ClFN6O3. The fraction of sp³-hybridized carbons (Fsp3) is 0.143. The van der Waals surface area contributed by atoms with Crippen LogP contribution >= 0.6 is 11.6 Å². The second kappa shape index (κ2) is 9.25. The van der Waals surface area contributed by atoms with Crippen molar-refractivity contribution in [2.75, 3.05) is 18.0 Å². The molecule has 3 heterocycles. The minimum atomic E-state index is -0.556. The first-order valence-electron chi connectivity index (χ1n) is 12.2. The van der Waals surface area contributed by atoms with E-state index in [2.05, 4.69) is 15.3 Å². The van der Waals surface area contributed by atoms with Crippen molar-refractivity contribution in [2.45, 2.75) is 6.92 Å². The molecule has 6 rings (SSSR count). The van der Waals surface area contributed by atoms with E-state index in [0.29, 0.717) is 46.6 Å². The van der Waals surface area contributed by atoms with Crippen molar-refractivity contribution in [3.05, 3.63) is 98.6 Å². The Balaban J connectivity index is 1.49. The Kier molecular flexibility index (Phi) is 5.84. The molecule has 1 aliphatic heterocycles. The van der Waals surface area contributed by atoms with Gasteiger partial charge in [0.05, 0.1) is 27.4 Å². The maximum absolute atomic E-state index is 15.0. The first-order valence-corrected chi connectivity index (χ1v) is 12.6. The van der Waals surface area contributed by atoms with Crippen molar-refractivity contribution in [1.29, 1.82) is 0 Å². The number of hydrogen-bond donors (Lipinski definition) is 4. The van der Waals surface area contributed by atoms with Crippen LogP contribution in [-0.2, 0) is 7.05 Å². The molecule has 1 aliphatic rings. The van der Waals surface area contributed by atoms with Crippen LogP contribution in [-0.4, -0.2) is 37.3 Å². The molecule has 9 nitrogen and oxygen atoms in total. The molecule has 11 heteroatoms. The number of aromatic amines is 2. The number of aryl methyl sites for hydroxylation is 1. The standard InChI is InChI=1S/C28H24ClFN6O3/c1-15-14-35(6-5-31-15)24-11-17(10-22-25(24)33-27(38)32-22)20-13-18(30)12-19(26(20)37)16-3-4-23(21(29)9-16)36-8-7-34(2)28(36)39/h3-4,7-14,31,37H,5-6H2,1-2H3,(H2,32,33,38). The van der Waals surface area contributed by atoms with Gasteiger partial charge in [0.2, 0.25) is 0 Å². The molecule has 0 aliphatic carbocycles. The molecule has 198 valence electrons. The number of aromatic hydroxyl groups is 1. The lowest BCUT2D eigenvalue weighted by atomic mass is 9.96. The van der Waals surface area contributed by atoms with E-state index in [-0.39, 0.29) is 33.3 Å². The third kappa shape index (κ3) is 4.28. The third-order valence-corrected chi connectivity index (χ3v) is 7.17. The van der Waals surface area contributed by atoms with Crippen LogP contribution in [0.4, 0.5) is 10.1 Å². The quantitative estimate of drug-likeness (QED) is 0.266. The summed E-state index contributed by atoms with van der Waals surface area (Å²) in [5.41, 5.74) is 4.16. The number of allylic oxidation sites excluding steroid dienone is 1. The molecule has 0 amide bonds. The monoisotopic (exact) mass is 546 g/mol. The molecule has 5 aromatic rings. The highest BCUT2D eigenvalue weighted by atomic mass is 35.5. The van der Waals surface area contributed by atoms with Crippen molar-refractivity contribution in [1.82, 2.24) is 24.4 Å². The number of phenolic OH excluding ortho intramolecular Hbond substituents is 1. The van der Waals surface area contributed by atoms with E-state index in [4.69, 9.17) is 11.6 Å². The summed E-state index contributed by atoms with van der Waals surface area (Å²) in [7, 11) is 1.64. The molecule has 0 bridgehead atoms. The maximum Gasteiger partial charge on any atom is 0.332 e. The molecule has 0 unspecified atom stereocenters. The van der Waals surface area contributed by atoms with Gasteiger partial charge in [-0.25, -0.2) is 14.0 Å². The molecule has 2 aromatic heterocycles. The lowest BCUT2D eigenvalue weighted by Crippen LogP contribution is -2.34. The lowest BCUT2D eigenvalue weighted by molar-refractivity contribution is 0.477. The zero-order valence-corrected chi connectivity index (χ0v) is 21.8. The van der Waals surface area contributed by atoms with Gasteiger partial charge in [0, 0.05) is 55.6 Å². The van der Waals surface area contributed by atoms with E-state index >= 15 is 4.39 Å². The predicted octanol–water partition coefficient (Wildman–Crippen LogP) is 4.45. The van der Waals surface area contributed by atoms with Crippen LogP contribution in [0.5, 0.6) is 5.75 Å². The summed E-state index contributed by atoms with van der Waals surface area (Å²) in [5.74, 6) is -0.702. The number of fused-ring (bicyclic) bond motifs is 1. The molecule has 0 saturated heterocycles. The highest BCUT2D eigenvalue weighted by molar-refractivity contribution is 6.32. The zero-order valence-electron chi connectivity index (χ0n) is 21.0. The van der Waals surface area contributed by atoms with Gasteiger partial charge >= 0.3 is 11.4 Å². The number of hydrogen-bond acceptors (Lipinski definition) is 5. The maximum atomic E-state index is 15.0. The van der Waals surface area contributed by atoms with Gasteiger partial charge in [-0.05, 0) is 54.4 Å². The second-order valence-electron chi connectivity index (χ2n) is 9.51. The van der Waals surface area contributed by atoms with E-state index in [1.54, 1.807) is 43.7 Å². The summed E-state index contributed by atoms with van der Waals surface area (Å²) in [4.78, 5) is 32.2. The Morgan fingerprint density at radius 1 is 0.974 bits per heavy atom. The van der Waals surface area contributed by atoms with Crippen molar-refractivity contribution in [3.8, 4) is 33.7 Å². The van der Waals surface area contributed by atoms with Crippen LogP contribution in [0.3, 0.4) is 0 Å². The van der Waals surface area contributed by atoms with Crippen molar-refractivity contribution >= 4 is 28.3 Å². The lowest BCUT2D eigenvalue weighted by Gasteiger charge is -2.27. The van der Waals surface area contributed by atoms with Gasteiger partial charge in [0.1, 0.15) is 11.6 Å². The number of halogens is 2. The topological polar surface area (TPSA) is 111 Å². The molecule has 0 radical (unpaired) electrons. The predicted molar refractivity (Wildman–Crippen MR) is 150 cm³/mol. The highest BCUT2D eigenvalue weighted by Gasteiger charge is 2.20. The highest BCUT2D eigenvalue weighted by Crippen LogP contribution is 2.42. The van der Waals surface area contributed by atoms with Gasteiger partial charge in [-0.3, -0.25) is 4.57 Å². The number of benzene rings is 3. The van der Waals surface area contributed by atoms with E-state index < -0.39 is 5.82 Å².